The highest BCUT2D eigenvalue weighted by Gasteiger charge is 2.28. The predicted molar refractivity (Wildman–Crippen MR) is 120 cm³/mol. The van der Waals surface area contributed by atoms with Crippen molar-refractivity contribution in [3.05, 3.63) is 94.5 Å². The Morgan fingerprint density at radius 2 is 1.37 bits per heavy atom. The van der Waals surface area contributed by atoms with E-state index in [1.54, 1.807) is 43.4 Å². The zero-order valence-electron chi connectivity index (χ0n) is 16.2. The number of likely N-dealkylation sites (N-methyl/N-ethyl adjacent to an activating group) is 1. The Hall–Kier alpha value is -2.38. The molecule has 0 heterocycles. The third kappa shape index (κ3) is 5.40. The van der Waals surface area contributed by atoms with Gasteiger partial charge in [-0.05, 0) is 54.1 Å². The maximum Gasteiger partial charge on any atom is 0.243 e. The van der Waals surface area contributed by atoms with E-state index in [4.69, 9.17) is 23.2 Å². The van der Waals surface area contributed by atoms with Gasteiger partial charge >= 0.3 is 0 Å². The lowest BCUT2D eigenvalue weighted by molar-refractivity contribution is -0.118. The molecule has 3 aromatic rings. The molecule has 0 saturated carbocycles. The second-order valence-corrected chi connectivity index (χ2v) is 9.45. The van der Waals surface area contributed by atoms with Gasteiger partial charge in [0.2, 0.25) is 15.9 Å². The Balaban J connectivity index is 1.91. The number of benzene rings is 3. The largest absolute Gasteiger partial charge is 0.314 e. The van der Waals surface area contributed by atoms with Gasteiger partial charge in [0.25, 0.3) is 0 Å². The van der Waals surface area contributed by atoms with Crippen LogP contribution in [0.4, 0.5) is 5.69 Å². The number of halogens is 2. The van der Waals surface area contributed by atoms with E-state index in [0.29, 0.717) is 21.3 Å². The molecular formula is C22H20Cl2N2O3S. The van der Waals surface area contributed by atoms with Crippen LogP contribution in [0.3, 0.4) is 0 Å². The molecule has 30 heavy (non-hydrogen) atoms. The molecule has 156 valence electrons. The number of carbonyl (C=O) groups excluding carboxylic acids is 1. The summed E-state index contributed by atoms with van der Waals surface area (Å²) in [7, 11) is -2.32. The van der Waals surface area contributed by atoms with Crippen LogP contribution in [0.25, 0.3) is 0 Å². The number of amides is 1. The molecule has 0 spiro atoms. The first-order valence-electron chi connectivity index (χ1n) is 9.09. The van der Waals surface area contributed by atoms with Crippen LogP contribution in [-0.4, -0.2) is 32.2 Å². The molecule has 0 aliphatic carbocycles. The number of hydrogen-bond donors (Lipinski definition) is 0. The lowest BCUT2D eigenvalue weighted by atomic mass is 10.2. The quantitative estimate of drug-likeness (QED) is 0.504. The highest BCUT2D eigenvalue weighted by Crippen LogP contribution is 2.22. The van der Waals surface area contributed by atoms with Crippen LogP contribution in [0.1, 0.15) is 5.56 Å². The predicted octanol–water partition coefficient (Wildman–Crippen LogP) is 4.85. The Morgan fingerprint density at radius 1 is 0.833 bits per heavy atom. The van der Waals surface area contributed by atoms with E-state index < -0.39 is 10.0 Å². The zero-order valence-corrected chi connectivity index (χ0v) is 18.5. The first-order valence-corrected chi connectivity index (χ1v) is 11.3. The summed E-state index contributed by atoms with van der Waals surface area (Å²) in [5.41, 5.74) is 1.39. The summed E-state index contributed by atoms with van der Waals surface area (Å²) in [5.74, 6) is -0.354. The van der Waals surface area contributed by atoms with Crippen LogP contribution < -0.4 is 4.90 Å². The fourth-order valence-electron chi connectivity index (χ4n) is 2.83. The van der Waals surface area contributed by atoms with Crippen LogP contribution in [0.5, 0.6) is 0 Å². The second kappa shape index (κ2) is 9.62. The van der Waals surface area contributed by atoms with Gasteiger partial charge in [-0.2, -0.15) is 4.31 Å². The molecule has 0 radical (unpaired) electrons. The number of rotatable bonds is 7. The van der Waals surface area contributed by atoms with E-state index in [9.17, 15) is 13.2 Å². The van der Waals surface area contributed by atoms with Crippen molar-refractivity contribution in [3.63, 3.8) is 0 Å². The zero-order chi connectivity index (χ0) is 21.7. The molecule has 0 unspecified atom stereocenters. The van der Waals surface area contributed by atoms with Crippen LogP contribution >= 0.6 is 23.2 Å². The van der Waals surface area contributed by atoms with Gasteiger partial charge < -0.3 is 4.90 Å². The van der Waals surface area contributed by atoms with Crippen LogP contribution in [0.2, 0.25) is 10.0 Å². The summed E-state index contributed by atoms with van der Waals surface area (Å²) < 4.78 is 27.7. The van der Waals surface area contributed by atoms with Crippen molar-refractivity contribution < 1.29 is 13.2 Å². The summed E-state index contributed by atoms with van der Waals surface area (Å²) in [5, 5.41) is 0.976. The van der Waals surface area contributed by atoms with E-state index in [0.717, 1.165) is 4.31 Å². The number of anilines is 1. The molecule has 8 heteroatoms. The Kier molecular flexibility index (Phi) is 7.15. The van der Waals surface area contributed by atoms with Gasteiger partial charge in [-0.3, -0.25) is 4.79 Å². The Morgan fingerprint density at radius 3 is 1.93 bits per heavy atom. The maximum atomic E-state index is 13.3. The molecule has 5 nitrogen and oxygen atoms in total. The van der Waals surface area contributed by atoms with Gasteiger partial charge in [0.15, 0.2) is 0 Å². The lowest BCUT2D eigenvalue weighted by Crippen LogP contribution is -2.41. The molecule has 0 saturated heterocycles. The summed E-state index contributed by atoms with van der Waals surface area (Å²) in [6, 6.07) is 21.8. The van der Waals surface area contributed by atoms with Gasteiger partial charge in [0, 0.05) is 29.3 Å². The SMILES string of the molecule is CN(C(=O)CN(Cc1ccc(Cl)cc1)S(=O)(=O)c1ccc(Cl)cc1)c1ccccc1. The van der Waals surface area contributed by atoms with Gasteiger partial charge in [0.05, 0.1) is 11.4 Å². The van der Waals surface area contributed by atoms with E-state index in [-0.39, 0.29) is 23.9 Å². The van der Waals surface area contributed by atoms with Crippen LogP contribution in [0, 0.1) is 0 Å². The lowest BCUT2D eigenvalue weighted by Gasteiger charge is -2.25. The highest BCUT2D eigenvalue weighted by atomic mass is 35.5. The molecule has 0 atom stereocenters. The molecule has 3 rings (SSSR count). The summed E-state index contributed by atoms with van der Waals surface area (Å²) in [6.45, 7) is -0.296. The number of nitrogens with zero attached hydrogens (tertiary/aromatic N) is 2. The molecule has 0 fully saturated rings. The first kappa shape index (κ1) is 22.3. The Labute approximate surface area is 186 Å². The molecular weight excluding hydrogens is 443 g/mol. The topological polar surface area (TPSA) is 57.7 Å². The Bertz CT molecular complexity index is 1100. The standard InChI is InChI=1S/C22H20Cl2N2O3S/c1-25(20-5-3-2-4-6-20)22(27)16-26(15-17-7-9-18(23)10-8-17)30(28,29)21-13-11-19(24)12-14-21/h2-14H,15-16H2,1H3. The fourth-order valence-corrected chi connectivity index (χ4v) is 4.46. The van der Waals surface area contributed by atoms with Crippen molar-refractivity contribution in [1.29, 1.82) is 0 Å². The summed E-state index contributed by atoms with van der Waals surface area (Å²) in [6.07, 6.45) is 0. The van der Waals surface area contributed by atoms with Crippen molar-refractivity contribution >= 4 is 44.8 Å². The van der Waals surface area contributed by atoms with E-state index >= 15 is 0 Å². The van der Waals surface area contributed by atoms with Crippen molar-refractivity contribution in [2.45, 2.75) is 11.4 Å². The first-order chi connectivity index (χ1) is 14.3. The number of para-hydroxylation sites is 1. The molecule has 0 aromatic heterocycles. The highest BCUT2D eigenvalue weighted by molar-refractivity contribution is 7.89. The fraction of sp³-hybridized carbons (Fsp3) is 0.136. The van der Waals surface area contributed by atoms with E-state index in [2.05, 4.69) is 0 Å². The van der Waals surface area contributed by atoms with Gasteiger partial charge in [0.1, 0.15) is 0 Å². The minimum absolute atomic E-state index is 0.0243. The van der Waals surface area contributed by atoms with Crippen LogP contribution in [0.15, 0.2) is 83.8 Å². The molecule has 3 aromatic carbocycles. The molecule has 1 amide bonds. The molecule has 0 N–H and O–H groups in total. The van der Waals surface area contributed by atoms with E-state index in [1.165, 1.54) is 29.2 Å². The molecule has 0 bridgehead atoms. The third-order valence-electron chi connectivity index (χ3n) is 4.55. The van der Waals surface area contributed by atoms with Gasteiger partial charge in [-0.15, -0.1) is 0 Å². The average molecular weight is 463 g/mol. The van der Waals surface area contributed by atoms with Gasteiger partial charge in [-0.1, -0.05) is 53.5 Å². The number of sulfonamides is 1. The third-order valence-corrected chi connectivity index (χ3v) is 6.86. The van der Waals surface area contributed by atoms with Crippen molar-refractivity contribution in [3.8, 4) is 0 Å². The average Bonchev–Trinajstić information content (AvgIpc) is 2.75. The number of carbonyl (C=O) groups is 1. The monoisotopic (exact) mass is 462 g/mol. The second-order valence-electron chi connectivity index (χ2n) is 6.64. The summed E-state index contributed by atoms with van der Waals surface area (Å²) >= 11 is 11.8. The van der Waals surface area contributed by atoms with Crippen molar-refractivity contribution in [1.82, 2.24) is 4.31 Å². The minimum Gasteiger partial charge on any atom is -0.314 e. The molecule has 0 aliphatic heterocycles. The van der Waals surface area contributed by atoms with E-state index in [1.807, 2.05) is 18.2 Å². The summed E-state index contributed by atoms with van der Waals surface area (Å²) in [4.78, 5) is 14.4. The van der Waals surface area contributed by atoms with Crippen LogP contribution in [-0.2, 0) is 21.4 Å². The van der Waals surface area contributed by atoms with Crippen molar-refractivity contribution in [2.75, 3.05) is 18.5 Å². The van der Waals surface area contributed by atoms with Crippen molar-refractivity contribution in [2.24, 2.45) is 0 Å². The smallest absolute Gasteiger partial charge is 0.243 e. The molecule has 0 aliphatic rings. The maximum absolute atomic E-state index is 13.3. The van der Waals surface area contributed by atoms with Gasteiger partial charge in [-0.25, -0.2) is 8.42 Å². The normalized spacial score (nSPS) is 11.5. The number of hydrogen-bond acceptors (Lipinski definition) is 3. The minimum atomic E-state index is -3.94.